The van der Waals surface area contributed by atoms with E-state index >= 15 is 0 Å². The van der Waals surface area contributed by atoms with Crippen LogP contribution in [0.5, 0.6) is 0 Å². The van der Waals surface area contributed by atoms with Gasteiger partial charge in [0.15, 0.2) is 0 Å². The highest BCUT2D eigenvalue weighted by atomic mass is 28.4. The highest BCUT2D eigenvalue weighted by molar-refractivity contribution is 6.60. The van der Waals surface area contributed by atoms with E-state index in [9.17, 15) is 4.79 Å². The number of carbonyl (C=O) groups excluding carboxylic acids is 1. The molecular weight excluding hydrogens is 266 g/mol. The summed E-state index contributed by atoms with van der Waals surface area (Å²) in [4.78, 5) is 15.5. The topological polar surface area (TPSA) is 66.9 Å². The number of aromatic nitrogens is 1. The highest BCUT2D eigenvalue weighted by Gasteiger charge is 2.36. The fraction of sp³-hybridized carbons (Fsp3) is 0.500. The lowest BCUT2D eigenvalue weighted by atomic mass is 10.3. The fourth-order valence-corrected chi connectivity index (χ4v) is 3.27. The van der Waals surface area contributed by atoms with Crippen molar-refractivity contribution in [2.75, 3.05) is 27.9 Å². The molecule has 0 saturated carbocycles. The third-order valence-corrected chi connectivity index (χ3v) is 5.54. The molecule has 0 spiro atoms. The Labute approximate surface area is 114 Å². The summed E-state index contributed by atoms with van der Waals surface area (Å²) in [5.41, 5.74) is 0.490. The van der Waals surface area contributed by atoms with Crippen molar-refractivity contribution in [3.63, 3.8) is 0 Å². The molecule has 1 aromatic rings. The van der Waals surface area contributed by atoms with E-state index in [1.165, 1.54) is 0 Å². The van der Waals surface area contributed by atoms with Crippen molar-refractivity contribution in [1.82, 2.24) is 4.98 Å². The Hall–Kier alpha value is -1.28. The molecule has 0 fully saturated rings. The average molecular weight is 285 g/mol. The molecule has 0 unspecified atom stereocenters. The van der Waals surface area contributed by atoms with Gasteiger partial charge in [-0.2, -0.15) is 0 Å². The molecule has 7 heteroatoms. The van der Waals surface area contributed by atoms with Gasteiger partial charge < -0.3 is 18.0 Å². The Morgan fingerprint density at radius 1 is 1.16 bits per heavy atom. The first-order valence-corrected chi connectivity index (χ1v) is 7.83. The van der Waals surface area contributed by atoms with E-state index in [0.29, 0.717) is 24.6 Å². The van der Waals surface area contributed by atoms with Gasteiger partial charge in [-0.3, -0.25) is 4.98 Å². The SMILES string of the molecule is CO[Si](CCCOC(=O)c1ccncc1)(OC)OC. The second kappa shape index (κ2) is 8.00. The molecule has 1 rings (SSSR count). The van der Waals surface area contributed by atoms with E-state index in [-0.39, 0.29) is 5.97 Å². The number of hydrogen-bond acceptors (Lipinski definition) is 6. The Balaban J connectivity index is 2.33. The zero-order valence-electron chi connectivity index (χ0n) is 11.4. The monoisotopic (exact) mass is 285 g/mol. The number of rotatable bonds is 8. The van der Waals surface area contributed by atoms with Crippen molar-refractivity contribution in [3.05, 3.63) is 30.1 Å². The van der Waals surface area contributed by atoms with Gasteiger partial charge >= 0.3 is 14.8 Å². The summed E-state index contributed by atoms with van der Waals surface area (Å²) in [7, 11) is 2.10. The predicted molar refractivity (Wildman–Crippen MR) is 70.7 cm³/mol. The number of nitrogens with zero attached hydrogens (tertiary/aromatic N) is 1. The van der Waals surface area contributed by atoms with Crippen molar-refractivity contribution < 1.29 is 22.8 Å². The molecule has 0 aliphatic heterocycles. The summed E-state index contributed by atoms with van der Waals surface area (Å²) in [6, 6.07) is 3.82. The third kappa shape index (κ3) is 4.71. The van der Waals surface area contributed by atoms with E-state index in [4.69, 9.17) is 18.0 Å². The molecule has 0 amide bonds. The van der Waals surface area contributed by atoms with Crippen LogP contribution in [0, 0.1) is 0 Å². The maximum Gasteiger partial charge on any atom is 0.500 e. The van der Waals surface area contributed by atoms with Gasteiger partial charge in [0.25, 0.3) is 0 Å². The highest BCUT2D eigenvalue weighted by Crippen LogP contribution is 2.15. The first-order valence-electron chi connectivity index (χ1n) is 5.90. The largest absolute Gasteiger partial charge is 0.500 e. The van der Waals surface area contributed by atoms with Gasteiger partial charge in [-0.1, -0.05) is 0 Å². The van der Waals surface area contributed by atoms with Crippen molar-refractivity contribution in [2.24, 2.45) is 0 Å². The molecule has 0 radical (unpaired) electrons. The Morgan fingerprint density at radius 3 is 2.26 bits per heavy atom. The van der Waals surface area contributed by atoms with Crippen LogP contribution in [-0.2, 0) is 18.0 Å². The summed E-state index contributed by atoms with van der Waals surface area (Å²) in [5, 5.41) is 0. The predicted octanol–water partition coefficient (Wildman–Crippen LogP) is 1.51. The summed E-state index contributed by atoms with van der Waals surface area (Å²) in [5.74, 6) is -0.359. The van der Waals surface area contributed by atoms with Gasteiger partial charge in [-0.15, -0.1) is 0 Å². The van der Waals surface area contributed by atoms with E-state index < -0.39 is 8.80 Å². The molecule has 0 aromatic carbocycles. The molecule has 0 aliphatic carbocycles. The standard InChI is InChI=1S/C12H19NO5Si/c1-15-19(16-2,17-3)10-4-9-18-12(14)11-5-7-13-8-6-11/h5-8H,4,9-10H2,1-3H3. The first kappa shape index (κ1) is 15.8. The summed E-state index contributed by atoms with van der Waals surface area (Å²) in [6.45, 7) is 0.298. The maximum absolute atomic E-state index is 11.6. The first-order chi connectivity index (χ1) is 9.17. The zero-order valence-corrected chi connectivity index (χ0v) is 12.4. The van der Waals surface area contributed by atoms with Gasteiger partial charge in [0.1, 0.15) is 0 Å². The van der Waals surface area contributed by atoms with Gasteiger partial charge in [-0.05, 0) is 18.6 Å². The fourth-order valence-electron chi connectivity index (χ4n) is 1.58. The number of esters is 1. The molecule has 0 aliphatic rings. The molecule has 106 valence electrons. The van der Waals surface area contributed by atoms with Crippen LogP contribution in [0.15, 0.2) is 24.5 Å². The van der Waals surface area contributed by atoms with Crippen LogP contribution in [-0.4, -0.2) is 47.7 Å². The number of pyridine rings is 1. The number of hydrogen-bond donors (Lipinski definition) is 0. The van der Waals surface area contributed by atoms with Gasteiger partial charge in [0.2, 0.25) is 0 Å². The normalized spacial score (nSPS) is 11.3. The Kier molecular flexibility index (Phi) is 6.64. The zero-order chi connectivity index (χ0) is 14.1. The van der Waals surface area contributed by atoms with Crippen LogP contribution in [0.2, 0.25) is 6.04 Å². The minimum absolute atomic E-state index is 0.298. The minimum Gasteiger partial charge on any atom is -0.462 e. The number of ether oxygens (including phenoxy) is 1. The van der Waals surface area contributed by atoms with Crippen LogP contribution in [0.25, 0.3) is 0 Å². The Bertz CT molecular complexity index is 375. The lowest BCUT2D eigenvalue weighted by molar-refractivity contribution is 0.0493. The number of carbonyl (C=O) groups is 1. The molecule has 0 atom stereocenters. The lowest BCUT2D eigenvalue weighted by Gasteiger charge is -2.24. The van der Waals surface area contributed by atoms with E-state index in [1.807, 2.05) is 0 Å². The van der Waals surface area contributed by atoms with E-state index in [0.717, 1.165) is 0 Å². The summed E-state index contributed by atoms with van der Waals surface area (Å²) >= 11 is 0. The molecular formula is C12H19NO5Si. The smallest absolute Gasteiger partial charge is 0.462 e. The summed E-state index contributed by atoms with van der Waals surface area (Å²) < 4.78 is 21.0. The third-order valence-electron chi connectivity index (χ3n) is 2.71. The second-order valence-electron chi connectivity index (χ2n) is 3.77. The maximum atomic E-state index is 11.6. The molecule has 0 bridgehead atoms. The quantitative estimate of drug-likeness (QED) is 0.410. The van der Waals surface area contributed by atoms with Gasteiger partial charge in [0, 0.05) is 39.8 Å². The van der Waals surface area contributed by atoms with Crippen molar-refractivity contribution in [3.8, 4) is 0 Å². The van der Waals surface area contributed by atoms with E-state index in [1.54, 1.807) is 45.9 Å². The van der Waals surface area contributed by atoms with Crippen molar-refractivity contribution in [2.45, 2.75) is 12.5 Å². The van der Waals surface area contributed by atoms with E-state index in [2.05, 4.69) is 4.98 Å². The lowest BCUT2D eigenvalue weighted by Crippen LogP contribution is -2.42. The molecule has 0 saturated heterocycles. The minimum atomic E-state index is -2.57. The Morgan fingerprint density at radius 2 is 1.74 bits per heavy atom. The van der Waals surface area contributed by atoms with Crippen LogP contribution in [0.3, 0.4) is 0 Å². The van der Waals surface area contributed by atoms with Crippen LogP contribution >= 0.6 is 0 Å². The molecule has 6 nitrogen and oxygen atoms in total. The molecule has 19 heavy (non-hydrogen) atoms. The van der Waals surface area contributed by atoms with Crippen LogP contribution < -0.4 is 0 Å². The second-order valence-corrected chi connectivity index (χ2v) is 6.86. The van der Waals surface area contributed by atoms with Gasteiger partial charge in [-0.25, -0.2) is 4.79 Å². The summed E-state index contributed by atoms with van der Waals surface area (Å²) in [6.07, 6.45) is 3.73. The molecule has 1 heterocycles. The molecule has 0 N–H and O–H groups in total. The van der Waals surface area contributed by atoms with Crippen LogP contribution in [0.1, 0.15) is 16.8 Å². The molecule has 1 aromatic heterocycles. The van der Waals surface area contributed by atoms with Crippen molar-refractivity contribution >= 4 is 14.8 Å². The van der Waals surface area contributed by atoms with Crippen LogP contribution in [0.4, 0.5) is 0 Å². The van der Waals surface area contributed by atoms with Gasteiger partial charge in [0.05, 0.1) is 12.2 Å². The average Bonchev–Trinajstić information content (AvgIpc) is 2.49. The van der Waals surface area contributed by atoms with Crippen molar-refractivity contribution in [1.29, 1.82) is 0 Å².